The topological polar surface area (TPSA) is 26.0 Å². The Morgan fingerprint density at radius 1 is 1.60 bits per heavy atom. The molecular weight excluding hydrogens is 139 g/mol. The maximum Gasteiger partial charge on any atom is 0 e. The Hall–Kier alpha value is 0.514. The number of nitrogens with two attached hydrogens (primary N) is 1. The second-order valence-corrected chi connectivity index (χ2v) is 0.428. The van der Waals surface area contributed by atoms with Gasteiger partial charge >= 0.3 is 0 Å². The van der Waals surface area contributed by atoms with E-state index in [4.69, 9.17) is 5.73 Å². The van der Waals surface area contributed by atoms with Gasteiger partial charge in [-0.2, -0.15) is 6.20 Å². The number of allylic oxidation sites excluding steroid dienone is 1. The maximum atomic E-state index is 4.78. The molecule has 0 atom stereocenters. The van der Waals surface area contributed by atoms with E-state index in [-0.39, 0.29) is 32.7 Å². The molecule has 0 saturated carbocycles. The minimum Gasteiger partial charge on any atom is -0.481 e. The second-order valence-electron chi connectivity index (χ2n) is 0.428. The molecule has 0 aliphatic heterocycles. The van der Waals surface area contributed by atoms with Gasteiger partial charge in [0.1, 0.15) is 0 Å². The van der Waals surface area contributed by atoms with Crippen LogP contribution in [0.5, 0.6) is 0 Å². The second kappa shape index (κ2) is 8.82. The first-order valence-electron chi connectivity index (χ1n) is 1.07. The van der Waals surface area contributed by atoms with Crippen LogP contribution in [0.25, 0.3) is 0 Å². The largest absolute Gasteiger partial charge is 0.481 e. The first kappa shape index (κ1) is 9.10. The van der Waals surface area contributed by atoms with E-state index in [0.717, 1.165) is 0 Å². The first-order valence-corrected chi connectivity index (χ1v) is 1.07. The van der Waals surface area contributed by atoms with Crippen LogP contribution in [-0.4, -0.2) is 0 Å². The summed E-state index contributed by atoms with van der Waals surface area (Å²) < 4.78 is 0. The molecular formula is C3H6NY-. The Bertz CT molecular complexity index is 22.1. The van der Waals surface area contributed by atoms with Crippen molar-refractivity contribution in [3.8, 4) is 0 Å². The van der Waals surface area contributed by atoms with Gasteiger partial charge in [0.05, 0.1) is 0 Å². The Kier molecular flexibility index (Phi) is 16.0. The van der Waals surface area contributed by atoms with Crippen molar-refractivity contribution in [3.63, 3.8) is 0 Å². The summed E-state index contributed by atoms with van der Waals surface area (Å²) in [5, 5.41) is 0. The van der Waals surface area contributed by atoms with Crippen LogP contribution >= 0.6 is 0 Å². The predicted molar refractivity (Wildman–Crippen MR) is 18.7 cm³/mol. The standard InChI is InChI=1S/C3H6N.Y/c1-2-3-4;/h2-3H,1,4H2;/q-1;/b3-2+;. The van der Waals surface area contributed by atoms with Gasteiger partial charge in [0.25, 0.3) is 0 Å². The maximum absolute atomic E-state index is 4.78. The molecule has 0 aromatic rings. The number of hydrogen-bond donors (Lipinski definition) is 1. The van der Waals surface area contributed by atoms with Crippen LogP contribution in [0.1, 0.15) is 0 Å². The molecule has 1 nitrogen and oxygen atoms in total. The van der Waals surface area contributed by atoms with E-state index < -0.39 is 0 Å². The smallest absolute Gasteiger partial charge is 0 e. The van der Waals surface area contributed by atoms with Crippen molar-refractivity contribution >= 4 is 0 Å². The van der Waals surface area contributed by atoms with E-state index in [2.05, 4.69) is 6.92 Å². The van der Waals surface area contributed by atoms with E-state index in [9.17, 15) is 0 Å². The molecule has 0 fully saturated rings. The number of rotatable bonds is 0. The molecule has 0 aromatic carbocycles. The Morgan fingerprint density at radius 2 is 1.80 bits per heavy atom. The summed E-state index contributed by atoms with van der Waals surface area (Å²) in [6.07, 6.45) is 2.92. The van der Waals surface area contributed by atoms with Crippen molar-refractivity contribution in [3.05, 3.63) is 19.2 Å². The van der Waals surface area contributed by atoms with Crippen LogP contribution in [0.2, 0.25) is 0 Å². The van der Waals surface area contributed by atoms with Crippen molar-refractivity contribution in [2.45, 2.75) is 0 Å². The van der Waals surface area contributed by atoms with Crippen LogP contribution in [0.15, 0.2) is 12.3 Å². The minimum absolute atomic E-state index is 0. The fourth-order valence-corrected chi connectivity index (χ4v) is 0. The van der Waals surface area contributed by atoms with Gasteiger partial charge in [-0.25, -0.2) is 13.0 Å². The van der Waals surface area contributed by atoms with E-state index in [1.54, 1.807) is 0 Å². The van der Waals surface area contributed by atoms with Gasteiger partial charge in [-0.15, -0.1) is 0 Å². The van der Waals surface area contributed by atoms with Gasteiger partial charge < -0.3 is 5.73 Å². The first-order chi connectivity index (χ1) is 1.91. The predicted octanol–water partition coefficient (Wildman–Crippen LogP) is 0.290. The fourth-order valence-electron chi connectivity index (χ4n) is 0. The molecule has 27 valence electrons. The monoisotopic (exact) mass is 145 g/mol. The Balaban J connectivity index is 0. The van der Waals surface area contributed by atoms with E-state index in [1.807, 2.05) is 0 Å². The van der Waals surface area contributed by atoms with Gasteiger partial charge in [0.2, 0.25) is 0 Å². The van der Waals surface area contributed by atoms with E-state index in [0.29, 0.717) is 0 Å². The third kappa shape index (κ3) is 12.4. The molecule has 2 N–H and O–H groups in total. The van der Waals surface area contributed by atoms with Crippen LogP contribution in [0.3, 0.4) is 0 Å². The fraction of sp³-hybridized carbons (Fsp3) is 0. The van der Waals surface area contributed by atoms with Gasteiger partial charge in [0, 0.05) is 32.7 Å². The minimum atomic E-state index is 0. The van der Waals surface area contributed by atoms with Gasteiger partial charge in [0.15, 0.2) is 0 Å². The molecule has 0 saturated heterocycles. The molecule has 0 heterocycles. The molecule has 0 bridgehead atoms. The summed E-state index contributed by atoms with van der Waals surface area (Å²) in [6, 6.07) is 0. The summed E-state index contributed by atoms with van der Waals surface area (Å²) in [4.78, 5) is 0. The zero-order chi connectivity index (χ0) is 3.41. The van der Waals surface area contributed by atoms with Crippen LogP contribution in [0.4, 0.5) is 0 Å². The molecule has 1 radical (unpaired) electrons. The molecule has 0 aliphatic rings. The van der Waals surface area contributed by atoms with Crippen LogP contribution in [0, 0.1) is 6.92 Å². The summed E-state index contributed by atoms with van der Waals surface area (Å²) in [5.41, 5.74) is 4.78. The average Bonchev–Trinajstić information content (AvgIpc) is 1.37. The van der Waals surface area contributed by atoms with Gasteiger partial charge in [-0.1, -0.05) is 0 Å². The van der Waals surface area contributed by atoms with E-state index >= 15 is 0 Å². The summed E-state index contributed by atoms with van der Waals surface area (Å²) in [5.74, 6) is 0. The quantitative estimate of drug-likeness (QED) is 0.487. The molecule has 0 spiro atoms. The zero-order valence-corrected chi connectivity index (χ0v) is 5.85. The van der Waals surface area contributed by atoms with Crippen LogP contribution in [-0.2, 0) is 32.7 Å². The average molecular weight is 145 g/mol. The summed E-state index contributed by atoms with van der Waals surface area (Å²) in [6.45, 7) is 3.30. The molecule has 5 heavy (non-hydrogen) atoms. The SMILES string of the molecule is [CH2-]/C=C/N.[Y]. The van der Waals surface area contributed by atoms with Crippen molar-refractivity contribution in [1.29, 1.82) is 0 Å². The van der Waals surface area contributed by atoms with Gasteiger partial charge in [-0.3, -0.25) is 0 Å². The third-order valence-electron chi connectivity index (χ3n) is 0.136. The zero-order valence-electron chi connectivity index (χ0n) is 3.02. The molecule has 2 heteroatoms. The Morgan fingerprint density at radius 3 is 1.80 bits per heavy atom. The third-order valence-corrected chi connectivity index (χ3v) is 0.136. The number of hydrogen-bond acceptors (Lipinski definition) is 1. The Labute approximate surface area is 57.5 Å². The summed E-state index contributed by atoms with van der Waals surface area (Å²) >= 11 is 0. The molecule has 0 aliphatic carbocycles. The molecule has 0 unspecified atom stereocenters. The summed E-state index contributed by atoms with van der Waals surface area (Å²) in [7, 11) is 0. The van der Waals surface area contributed by atoms with E-state index in [1.165, 1.54) is 12.3 Å². The van der Waals surface area contributed by atoms with Crippen LogP contribution < -0.4 is 5.73 Å². The van der Waals surface area contributed by atoms with Crippen molar-refractivity contribution in [1.82, 2.24) is 0 Å². The van der Waals surface area contributed by atoms with Crippen molar-refractivity contribution < 1.29 is 32.7 Å². The molecule has 0 amide bonds. The van der Waals surface area contributed by atoms with Crippen molar-refractivity contribution in [2.75, 3.05) is 0 Å². The molecule has 0 aromatic heterocycles. The van der Waals surface area contributed by atoms with Gasteiger partial charge in [-0.05, 0) is 0 Å². The normalized spacial score (nSPS) is 7.20. The van der Waals surface area contributed by atoms with Crippen molar-refractivity contribution in [2.24, 2.45) is 5.73 Å². The molecule has 0 rings (SSSR count).